The zero-order valence-corrected chi connectivity index (χ0v) is 18.6. The first-order chi connectivity index (χ1) is 13.7. The number of rotatable bonds is 19. The van der Waals surface area contributed by atoms with E-state index in [2.05, 4.69) is 13.5 Å². The van der Waals surface area contributed by atoms with Crippen LogP contribution < -0.4 is 0 Å². The average Bonchev–Trinajstić information content (AvgIpc) is 3.02. The fourth-order valence-electron chi connectivity index (χ4n) is 3.94. The van der Waals surface area contributed by atoms with E-state index < -0.39 is 0 Å². The number of ether oxygens (including phenoxy) is 2. The summed E-state index contributed by atoms with van der Waals surface area (Å²) in [6, 6.07) is 0. The quantitative estimate of drug-likeness (QED) is 0.167. The van der Waals surface area contributed by atoms with E-state index in [9.17, 15) is 4.79 Å². The molecular weight excluding hydrogens is 348 g/mol. The van der Waals surface area contributed by atoms with Crippen molar-refractivity contribution >= 4 is 5.97 Å². The largest absolute Gasteiger partial charge is 0.424 e. The van der Waals surface area contributed by atoms with E-state index >= 15 is 0 Å². The third-order valence-electron chi connectivity index (χ3n) is 5.73. The molecule has 0 unspecified atom stereocenters. The van der Waals surface area contributed by atoms with E-state index in [1.807, 2.05) is 0 Å². The fourth-order valence-corrected chi connectivity index (χ4v) is 3.94. The molecule has 1 atom stereocenters. The molecule has 0 N–H and O–H groups in total. The lowest BCUT2D eigenvalue weighted by molar-refractivity contribution is -0.134. The third kappa shape index (κ3) is 11.7. The Hall–Kier alpha value is -1.09. The number of cyclic esters (lactones) is 1. The van der Waals surface area contributed by atoms with Crippen LogP contribution in [-0.2, 0) is 14.3 Å². The predicted molar refractivity (Wildman–Crippen MR) is 118 cm³/mol. The Bertz CT molecular complexity index is 453. The minimum atomic E-state index is -0.298. The molecule has 0 bridgehead atoms. The molecule has 0 aliphatic carbocycles. The van der Waals surface area contributed by atoms with Crippen molar-refractivity contribution in [3.05, 3.63) is 24.0 Å². The van der Waals surface area contributed by atoms with Crippen LogP contribution in [0.4, 0.5) is 0 Å². The van der Waals surface area contributed by atoms with Crippen LogP contribution in [0.2, 0.25) is 0 Å². The summed E-state index contributed by atoms with van der Waals surface area (Å²) in [5.41, 5.74) is 0.619. The van der Waals surface area contributed by atoms with Gasteiger partial charge < -0.3 is 9.47 Å². The standard InChI is InChI=1S/C25H44O3/c1-4-5-6-7-8-9-10-11-12-13-14-15-16-17-18-19-20-24(27-3)23-21-22(2)28-25(23)26/h21,24H,2,4-20H2,1,3H3/t24-/m1/s1. The van der Waals surface area contributed by atoms with Crippen LogP contribution in [0.5, 0.6) is 0 Å². The van der Waals surface area contributed by atoms with Gasteiger partial charge in [0.25, 0.3) is 0 Å². The van der Waals surface area contributed by atoms with Gasteiger partial charge in [0.15, 0.2) is 0 Å². The number of esters is 1. The minimum Gasteiger partial charge on any atom is -0.424 e. The van der Waals surface area contributed by atoms with Crippen molar-refractivity contribution in [1.82, 2.24) is 0 Å². The first-order valence-corrected chi connectivity index (χ1v) is 11.8. The van der Waals surface area contributed by atoms with Crippen LogP contribution >= 0.6 is 0 Å². The van der Waals surface area contributed by atoms with Crippen molar-refractivity contribution in [1.29, 1.82) is 0 Å². The first kappa shape index (κ1) is 24.9. The fraction of sp³-hybridized carbons (Fsp3) is 0.800. The molecule has 0 fully saturated rings. The van der Waals surface area contributed by atoms with Crippen molar-refractivity contribution in [3.8, 4) is 0 Å². The van der Waals surface area contributed by atoms with Gasteiger partial charge in [-0.2, -0.15) is 0 Å². The van der Waals surface area contributed by atoms with Crippen molar-refractivity contribution in [2.45, 2.75) is 122 Å². The zero-order chi connectivity index (χ0) is 20.5. The molecule has 3 nitrogen and oxygen atoms in total. The molecule has 162 valence electrons. The Morgan fingerprint density at radius 1 is 0.821 bits per heavy atom. The molecule has 0 saturated heterocycles. The second-order valence-electron chi connectivity index (χ2n) is 8.27. The topological polar surface area (TPSA) is 35.5 Å². The molecule has 0 aromatic heterocycles. The van der Waals surface area contributed by atoms with Crippen LogP contribution in [0.3, 0.4) is 0 Å². The van der Waals surface area contributed by atoms with E-state index in [1.165, 1.54) is 96.3 Å². The maximum Gasteiger partial charge on any atom is 0.342 e. The molecule has 0 amide bonds. The SMILES string of the molecule is C=C1C=C([C@@H](CCCCCCCCCCCCCCCCCC)OC)C(=O)O1. The van der Waals surface area contributed by atoms with Gasteiger partial charge in [-0.1, -0.05) is 116 Å². The highest BCUT2D eigenvalue weighted by Gasteiger charge is 2.27. The van der Waals surface area contributed by atoms with Gasteiger partial charge in [-0.15, -0.1) is 0 Å². The summed E-state index contributed by atoms with van der Waals surface area (Å²) in [4.78, 5) is 11.7. The highest BCUT2D eigenvalue weighted by Crippen LogP contribution is 2.24. The molecule has 0 saturated carbocycles. The summed E-state index contributed by atoms with van der Waals surface area (Å²) in [5.74, 6) is 0.127. The van der Waals surface area contributed by atoms with E-state index in [-0.39, 0.29) is 12.1 Å². The van der Waals surface area contributed by atoms with Gasteiger partial charge in [0.1, 0.15) is 5.76 Å². The Labute approximate surface area is 174 Å². The predicted octanol–water partition coefficient (Wildman–Crippen LogP) is 7.65. The first-order valence-electron chi connectivity index (χ1n) is 11.8. The lowest BCUT2D eigenvalue weighted by atomic mass is 10.0. The van der Waals surface area contributed by atoms with Gasteiger partial charge in [-0.05, 0) is 12.5 Å². The molecule has 1 aliphatic rings. The van der Waals surface area contributed by atoms with E-state index in [4.69, 9.17) is 9.47 Å². The second kappa shape index (κ2) is 16.8. The summed E-state index contributed by atoms with van der Waals surface area (Å²) in [7, 11) is 1.66. The van der Waals surface area contributed by atoms with Crippen LogP contribution in [0.15, 0.2) is 24.0 Å². The summed E-state index contributed by atoms with van der Waals surface area (Å²) in [5, 5.41) is 0. The number of carbonyl (C=O) groups is 1. The van der Waals surface area contributed by atoms with Crippen LogP contribution in [0.25, 0.3) is 0 Å². The smallest absolute Gasteiger partial charge is 0.342 e. The molecule has 0 aromatic carbocycles. The molecule has 0 spiro atoms. The minimum absolute atomic E-state index is 0.154. The maximum atomic E-state index is 11.7. The van der Waals surface area contributed by atoms with Gasteiger partial charge in [0, 0.05) is 7.11 Å². The average molecular weight is 393 g/mol. The molecule has 3 heteroatoms. The van der Waals surface area contributed by atoms with Crippen molar-refractivity contribution in [2.24, 2.45) is 0 Å². The van der Waals surface area contributed by atoms with E-state index in [0.717, 1.165) is 12.8 Å². The van der Waals surface area contributed by atoms with E-state index in [0.29, 0.717) is 11.3 Å². The summed E-state index contributed by atoms with van der Waals surface area (Å²) < 4.78 is 10.5. The highest BCUT2D eigenvalue weighted by atomic mass is 16.5. The lowest BCUT2D eigenvalue weighted by Gasteiger charge is -2.14. The second-order valence-corrected chi connectivity index (χ2v) is 8.27. The highest BCUT2D eigenvalue weighted by molar-refractivity contribution is 5.93. The number of unbranched alkanes of at least 4 members (excludes halogenated alkanes) is 15. The van der Waals surface area contributed by atoms with E-state index in [1.54, 1.807) is 13.2 Å². The molecule has 28 heavy (non-hydrogen) atoms. The lowest BCUT2D eigenvalue weighted by Crippen LogP contribution is -2.18. The Balaban J connectivity index is 1.86. The molecule has 1 aliphatic heterocycles. The number of allylic oxidation sites excluding steroid dienone is 1. The van der Waals surface area contributed by atoms with Gasteiger partial charge in [0.05, 0.1) is 11.7 Å². The summed E-state index contributed by atoms with van der Waals surface area (Å²) in [6.45, 7) is 5.96. The third-order valence-corrected chi connectivity index (χ3v) is 5.73. The summed E-state index contributed by atoms with van der Waals surface area (Å²) in [6.07, 6.45) is 24.3. The van der Waals surface area contributed by atoms with Crippen LogP contribution in [0.1, 0.15) is 116 Å². The van der Waals surface area contributed by atoms with Crippen molar-refractivity contribution < 1.29 is 14.3 Å². The molecular formula is C25H44O3. The monoisotopic (exact) mass is 392 g/mol. The molecule has 1 heterocycles. The number of methoxy groups -OCH3 is 1. The molecule has 1 rings (SSSR count). The Morgan fingerprint density at radius 2 is 1.25 bits per heavy atom. The normalized spacial score (nSPS) is 15.0. The number of hydrogen-bond acceptors (Lipinski definition) is 3. The van der Waals surface area contributed by atoms with Crippen molar-refractivity contribution in [2.75, 3.05) is 7.11 Å². The molecule has 0 radical (unpaired) electrons. The number of carbonyl (C=O) groups excluding carboxylic acids is 1. The molecule has 0 aromatic rings. The Morgan fingerprint density at radius 3 is 1.61 bits per heavy atom. The zero-order valence-electron chi connectivity index (χ0n) is 18.6. The van der Waals surface area contributed by atoms with Gasteiger partial charge in [0.2, 0.25) is 0 Å². The van der Waals surface area contributed by atoms with Crippen molar-refractivity contribution in [3.63, 3.8) is 0 Å². The van der Waals surface area contributed by atoms with Gasteiger partial charge in [-0.3, -0.25) is 0 Å². The Kier molecular flexibility index (Phi) is 15.0. The maximum absolute atomic E-state index is 11.7. The number of hydrogen-bond donors (Lipinski definition) is 0. The van der Waals surface area contributed by atoms with Gasteiger partial charge >= 0.3 is 5.97 Å². The van der Waals surface area contributed by atoms with Crippen LogP contribution in [0, 0.1) is 0 Å². The summed E-state index contributed by atoms with van der Waals surface area (Å²) >= 11 is 0. The van der Waals surface area contributed by atoms with Gasteiger partial charge in [-0.25, -0.2) is 4.79 Å². The van der Waals surface area contributed by atoms with Crippen LogP contribution in [-0.4, -0.2) is 19.2 Å².